The molecule has 0 spiro atoms. The molecule has 1 heterocycles. The predicted molar refractivity (Wildman–Crippen MR) is 98.2 cm³/mol. The van der Waals surface area contributed by atoms with E-state index in [2.05, 4.69) is 10.3 Å². The molecular weight excluding hydrogens is 321 g/mol. The van der Waals surface area contributed by atoms with Gasteiger partial charge in [0.2, 0.25) is 0 Å². The zero-order chi connectivity index (χ0) is 17.9. The van der Waals surface area contributed by atoms with E-state index in [4.69, 9.17) is 9.47 Å². The summed E-state index contributed by atoms with van der Waals surface area (Å²) in [6.45, 7) is 7.34. The van der Waals surface area contributed by atoms with E-state index in [1.165, 1.54) is 6.07 Å². The summed E-state index contributed by atoms with van der Waals surface area (Å²) >= 11 is 0. The fourth-order valence-corrected chi connectivity index (χ4v) is 2.77. The average Bonchev–Trinajstić information content (AvgIpc) is 3.10. The Kier molecular flexibility index (Phi) is 8.69. The molecule has 0 aromatic heterocycles. The highest BCUT2D eigenvalue weighted by atomic mass is 19.1. The molecule has 1 aromatic carbocycles. The molecule has 0 aliphatic carbocycles. The maximum atomic E-state index is 13.3. The lowest BCUT2D eigenvalue weighted by Crippen LogP contribution is -2.38. The van der Waals surface area contributed by atoms with E-state index in [1.54, 1.807) is 12.1 Å². The second-order valence-corrected chi connectivity index (χ2v) is 6.38. The molecule has 1 saturated heterocycles. The summed E-state index contributed by atoms with van der Waals surface area (Å²) in [7, 11) is 1.96. The van der Waals surface area contributed by atoms with Crippen molar-refractivity contribution in [3.8, 4) is 0 Å². The molecule has 5 nitrogen and oxygen atoms in total. The minimum Gasteiger partial charge on any atom is -0.381 e. The number of aliphatic imine (C=N–C) groups is 1. The van der Waals surface area contributed by atoms with Gasteiger partial charge in [-0.2, -0.15) is 0 Å². The third kappa shape index (κ3) is 7.40. The van der Waals surface area contributed by atoms with Crippen LogP contribution >= 0.6 is 0 Å². The van der Waals surface area contributed by atoms with E-state index in [0.717, 1.165) is 50.7 Å². The molecule has 1 aliphatic rings. The molecule has 1 N–H and O–H groups in total. The summed E-state index contributed by atoms with van der Waals surface area (Å²) in [5.41, 5.74) is 0.926. The second kappa shape index (κ2) is 11.1. The average molecular weight is 351 g/mol. The zero-order valence-electron chi connectivity index (χ0n) is 15.3. The number of hydrogen-bond donors (Lipinski definition) is 1. The van der Waals surface area contributed by atoms with E-state index >= 15 is 0 Å². The molecule has 1 unspecified atom stereocenters. The van der Waals surface area contributed by atoms with E-state index in [0.29, 0.717) is 25.6 Å². The first-order chi connectivity index (χ1) is 12.2. The van der Waals surface area contributed by atoms with Crippen molar-refractivity contribution in [1.29, 1.82) is 0 Å². The quantitative estimate of drug-likeness (QED) is 0.422. The number of nitrogens with one attached hydrogen (secondary N) is 1. The Labute approximate surface area is 150 Å². The number of guanidine groups is 1. The minimum atomic E-state index is -0.211. The number of halogens is 1. The van der Waals surface area contributed by atoms with Crippen LogP contribution in [0.15, 0.2) is 29.3 Å². The molecule has 1 aromatic rings. The summed E-state index contributed by atoms with van der Waals surface area (Å²) in [5.74, 6) is 1.17. The zero-order valence-corrected chi connectivity index (χ0v) is 15.3. The van der Waals surface area contributed by atoms with Crippen molar-refractivity contribution in [2.75, 3.05) is 46.6 Å². The molecule has 0 bridgehead atoms. The Bertz CT molecular complexity index is 533. The molecule has 1 aliphatic heterocycles. The number of ether oxygens (including phenoxy) is 2. The van der Waals surface area contributed by atoms with Crippen molar-refractivity contribution in [2.24, 2.45) is 10.9 Å². The molecule has 2 rings (SSSR count). The normalized spacial score (nSPS) is 17.7. The Morgan fingerprint density at radius 1 is 1.48 bits per heavy atom. The maximum absolute atomic E-state index is 13.3. The maximum Gasteiger partial charge on any atom is 0.193 e. The smallest absolute Gasteiger partial charge is 0.193 e. The van der Waals surface area contributed by atoms with Crippen LogP contribution in [0.1, 0.15) is 25.3 Å². The van der Waals surface area contributed by atoms with Gasteiger partial charge in [-0.05, 0) is 37.5 Å². The first kappa shape index (κ1) is 19.7. The lowest BCUT2D eigenvalue weighted by atomic mass is 10.1. The molecule has 1 fully saturated rings. The third-order valence-corrected chi connectivity index (χ3v) is 4.09. The van der Waals surface area contributed by atoms with Crippen LogP contribution < -0.4 is 5.32 Å². The van der Waals surface area contributed by atoms with Crippen LogP contribution in [0, 0.1) is 11.7 Å². The van der Waals surface area contributed by atoms with E-state index in [1.807, 2.05) is 24.9 Å². The van der Waals surface area contributed by atoms with Crippen LogP contribution in [0.4, 0.5) is 4.39 Å². The molecule has 0 saturated carbocycles. The molecule has 25 heavy (non-hydrogen) atoms. The number of hydrogen-bond acceptors (Lipinski definition) is 3. The summed E-state index contributed by atoms with van der Waals surface area (Å²) in [4.78, 5) is 6.64. The van der Waals surface area contributed by atoms with Gasteiger partial charge in [-0.15, -0.1) is 0 Å². The standard InChI is InChI=1S/C19H30FN3O2/c1-3-21-19(23(2)13-16-6-4-7-18(20)12-16)22-9-5-10-24-14-17-8-11-25-15-17/h4,6-7,12,17H,3,5,8-11,13-15H2,1-2H3,(H,21,22). The molecular formula is C19H30FN3O2. The lowest BCUT2D eigenvalue weighted by Gasteiger charge is -2.22. The largest absolute Gasteiger partial charge is 0.381 e. The van der Waals surface area contributed by atoms with Crippen LogP contribution in [-0.2, 0) is 16.0 Å². The fourth-order valence-electron chi connectivity index (χ4n) is 2.77. The Morgan fingerprint density at radius 2 is 2.36 bits per heavy atom. The second-order valence-electron chi connectivity index (χ2n) is 6.38. The first-order valence-electron chi connectivity index (χ1n) is 9.08. The Hall–Kier alpha value is -1.66. The van der Waals surface area contributed by atoms with Gasteiger partial charge in [0, 0.05) is 45.8 Å². The van der Waals surface area contributed by atoms with E-state index in [9.17, 15) is 4.39 Å². The van der Waals surface area contributed by atoms with Gasteiger partial charge < -0.3 is 19.7 Å². The van der Waals surface area contributed by atoms with E-state index in [-0.39, 0.29) is 5.82 Å². The van der Waals surface area contributed by atoms with Crippen molar-refractivity contribution in [3.63, 3.8) is 0 Å². The Morgan fingerprint density at radius 3 is 3.08 bits per heavy atom. The van der Waals surface area contributed by atoms with Crippen LogP contribution in [0.5, 0.6) is 0 Å². The number of benzene rings is 1. The molecule has 1 atom stereocenters. The Balaban J connectivity index is 1.72. The summed E-state index contributed by atoms with van der Waals surface area (Å²) in [6, 6.07) is 6.67. The molecule has 140 valence electrons. The van der Waals surface area contributed by atoms with Gasteiger partial charge in [-0.3, -0.25) is 4.99 Å². The SMILES string of the molecule is CCNC(=NCCCOCC1CCOC1)N(C)Cc1cccc(F)c1. The summed E-state index contributed by atoms with van der Waals surface area (Å²) < 4.78 is 24.4. The molecule has 0 amide bonds. The highest BCUT2D eigenvalue weighted by molar-refractivity contribution is 5.79. The first-order valence-corrected chi connectivity index (χ1v) is 9.08. The van der Waals surface area contributed by atoms with Gasteiger partial charge in [0.1, 0.15) is 5.82 Å². The third-order valence-electron chi connectivity index (χ3n) is 4.09. The van der Waals surface area contributed by atoms with Crippen LogP contribution in [0.2, 0.25) is 0 Å². The van der Waals surface area contributed by atoms with Crippen LogP contribution in [-0.4, -0.2) is 57.4 Å². The van der Waals surface area contributed by atoms with Crippen LogP contribution in [0.3, 0.4) is 0 Å². The van der Waals surface area contributed by atoms with Gasteiger partial charge in [-0.25, -0.2) is 4.39 Å². The van der Waals surface area contributed by atoms with Crippen molar-refractivity contribution >= 4 is 5.96 Å². The monoisotopic (exact) mass is 351 g/mol. The van der Waals surface area contributed by atoms with Gasteiger partial charge in [0.15, 0.2) is 5.96 Å². The lowest BCUT2D eigenvalue weighted by molar-refractivity contribution is 0.0893. The van der Waals surface area contributed by atoms with Crippen molar-refractivity contribution in [3.05, 3.63) is 35.6 Å². The highest BCUT2D eigenvalue weighted by Gasteiger charge is 2.15. The minimum absolute atomic E-state index is 0.211. The van der Waals surface area contributed by atoms with Gasteiger partial charge >= 0.3 is 0 Å². The summed E-state index contributed by atoms with van der Waals surface area (Å²) in [5, 5.41) is 3.28. The van der Waals surface area contributed by atoms with Gasteiger partial charge in [0.05, 0.1) is 13.2 Å². The van der Waals surface area contributed by atoms with Crippen LogP contribution in [0.25, 0.3) is 0 Å². The van der Waals surface area contributed by atoms with Crippen molar-refractivity contribution in [1.82, 2.24) is 10.2 Å². The molecule has 0 radical (unpaired) electrons. The highest BCUT2D eigenvalue weighted by Crippen LogP contribution is 2.12. The van der Waals surface area contributed by atoms with Gasteiger partial charge in [0.25, 0.3) is 0 Å². The number of nitrogens with zero attached hydrogens (tertiary/aromatic N) is 2. The fraction of sp³-hybridized carbons (Fsp3) is 0.632. The topological polar surface area (TPSA) is 46.1 Å². The predicted octanol–water partition coefficient (Wildman–Crippen LogP) is 2.67. The van der Waals surface area contributed by atoms with Gasteiger partial charge in [-0.1, -0.05) is 12.1 Å². The number of rotatable bonds is 9. The molecule has 6 heteroatoms. The van der Waals surface area contributed by atoms with Crippen molar-refractivity contribution in [2.45, 2.75) is 26.3 Å². The van der Waals surface area contributed by atoms with Crippen molar-refractivity contribution < 1.29 is 13.9 Å². The summed E-state index contributed by atoms with van der Waals surface area (Å²) in [6.07, 6.45) is 1.99. The van der Waals surface area contributed by atoms with E-state index < -0.39 is 0 Å².